The number of piperidine rings is 1. The lowest BCUT2D eigenvalue weighted by Crippen LogP contribution is -2.42. The quantitative estimate of drug-likeness (QED) is 0.927. The molecule has 0 aliphatic carbocycles. The third-order valence-corrected chi connectivity index (χ3v) is 4.42. The van der Waals surface area contributed by atoms with E-state index in [9.17, 15) is 13.6 Å². The molecule has 1 aromatic carbocycles. The van der Waals surface area contributed by atoms with Crippen LogP contribution in [0.5, 0.6) is 0 Å². The van der Waals surface area contributed by atoms with Crippen LogP contribution in [0.15, 0.2) is 18.2 Å². The largest absolute Gasteiger partial charge is 0.366 e. The Kier molecular flexibility index (Phi) is 3.08. The van der Waals surface area contributed by atoms with E-state index in [0.29, 0.717) is 29.2 Å². The number of carbonyl (C=O) groups is 1. The molecule has 1 saturated heterocycles. The first-order valence-electron chi connectivity index (χ1n) is 6.28. The number of alkyl halides is 2. The lowest BCUT2D eigenvalue weighted by molar-refractivity contribution is -0.0116. The van der Waals surface area contributed by atoms with Crippen LogP contribution in [0, 0.1) is 0 Å². The van der Waals surface area contributed by atoms with Crippen molar-refractivity contribution in [1.29, 1.82) is 0 Å². The third kappa shape index (κ3) is 2.33. The van der Waals surface area contributed by atoms with Gasteiger partial charge in [-0.1, -0.05) is 17.4 Å². The van der Waals surface area contributed by atoms with E-state index < -0.39 is 11.8 Å². The van der Waals surface area contributed by atoms with Crippen LogP contribution in [-0.4, -0.2) is 29.9 Å². The fraction of sp³-hybridized carbons (Fsp3) is 0.385. The Bertz CT molecular complexity index is 671. The molecule has 20 heavy (non-hydrogen) atoms. The van der Waals surface area contributed by atoms with Crippen LogP contribution in [0.1, 0.15) is 23.2 Å². The highest BCUT2D eigenvalue weighted by Gasteiger charge is 2.36. The summed E-state index contributed by atoms with van der Waals surface area (Å²) in [6, 6.07) is 5.12. The van der Waals surface area contributed by atoms with Crippen molar-refractivity contribution in [3.8, 4) is 0 Å². The van der Waals surface area contributed by atoms with Gasteiger partial charge in [0.2, 0.25) is 0 Å². The van der Waals surface area contributed by atoms with Crippen molar-refractivity contribution in [3.05, 3.63) is 23.8 Å². The predicted octanol–water partition coefficient (Wildman–Crippen LogP) is 2.63. The van der Waals surface area contributed by atoms with Crippen LogP contribution >= 0.6 is 11.3 Å². The second-order valence-corrected chi connectivity index (χ2v) is 5.90. The number of para-hydroxylation sites is 1. The van der Waals surface area contributed by atoms with Gasteiger partial charge in [0.25, 0.3) is 11.8 Å². The monoisotopic (exact) mass is 297 g/mol. The summed E-state index contributed by atoms with van der Waals surface area (Å²) in [5.41, 5.74) is 6.12. The molecule has 1 aromatic heterocycles. The average molecular weight is 297 g/mol. The second-order valence-electron chi connectivity index (χ2n) is 4.89. The van der Waals surface area contributed by atoms with Gasteiger partial charge in [-0.3, -0.25) is 4.79 Å². The molecule has 0 unspecified atom stereocenters. The number of hydrogen-bond donors (Lipinski definition) is 1. The molecule has 106 valence electrons. The van der Waals surface area contributed by atoms with E-state index in [1.54, 1.807) is 17.0 Å². The van der Waals surface area contributed by atoms with Gasteiger partial charge < -0.3 is 10.6 Å². The Balaban J connectivity index is 2.01. The lowest BCUT2D eigenvalue weighted by Gasteiger charge is -2.32. The summed E-state index contributed by atoms with van der Waals surface area (Å²) in [6.45, 7) is 0.236. The van der Waals surface area contributed by atoms with Gasteiger partial charge in [0.15, 0.2) is 5.13 Å². The molecule has 0 saturated carbocycles. The van der Waals surface area contributed by atoms with Gasteiger partial charge in [0.05, 0.1) is 22.3 Å². The highest BCUT2D eigenvalue weighted by atomic mass is 32.1. The van der Waals surface area contributed by atoms with Crippen LogP contribution in [0.25, 0.3) is 10.2 Å². The zero-order valence-corrected chi connectivity index (χ0v) is 11.4. The number of nitrogens with two attached hydrogens (primary N) is 1. The first-order valence-corrected chi connectivity index (χ1v) is 7.10. The standard InChI is InChI=1S/C13H13F2N3OS/c14-13(15)5-2-6-18(7-13)12-17-10-8(11(16)19)3-1-4-9(10)20-12/h1,3-4H,2,5-7H2,(H2,16,19). The number of rotatable bonds is 2. The fourth-order valence-electron chi connectivity index (χ4n) is 2.40. The number of benzene rings is 1. The van der Waals surface area contributed by atoms with Crippen molar-refractivity contribution in [2.75, 3.05) is 18.0 Å². The summed E-state index contributed by atoms with van der Waals surface area (Å²) in [4.78, 5) is 17.3. The minimum absolute atomic E-state index is 0.0824. The molecule has 2 N–H and O–H groups in total. The Morgan fingerprint density at radius 1 is 1.45 bits per heavy atom. The van der Waals surface area contributed by atoms with Crippen LogP contribution in [0.3, 0.4) is 0 Å². The van der Waals surface area contributed by atoms with Crippen LogP contribution < -0.4 is 10.6 Å². The Labute approximate surface area is 118 Å². The minimum atomic E-state index is -2.68. The smallest absolute Gasteiger partial charge is 0.265 e. The first kappa shape index (κ1) is 13.2. The number of fused-ring (bicyclic) bond motifs is 1. The molecule has 0 bridgehead atoms. The molecule has 3 rings (SSSR count). The van der Waals surface area contributed by atoms with E-state index in [0.717, 1.165) is 4.70 Å². The average Bonchev–Trinajstić information content (AvgIpc) is 2.80. The molecular weight excluding hydrogens is 284 g/mol. The van der Waals surface area contributed by atoms with Crippen molar-refractivity contribution >= 4 is 32.6 Å². The van der Waals surface area contributed by atoms with Gasteiger partial charge >= 0.3 is 0 Å². The maximum atomic E-state index is 13.5. The van der Waals surface area contributed by atoms with E-state index in [1.807, 2.05) is 6.07 Å². The fourth-order valence-corrected chi connectivity index (χ4v) is 3.42. The lowest BCUT2D eigenvalue weighted by atomic mass is 10.1. The molecule has 7 heteroatoms. The van der Waals surface area contributed by atoms with Crippen LogP contribution in [-0.2, 0) is 0 Å². The third-order valence-electron chi connectivity index (χ3n) is 3.34. The minimum Gasteiger partial charge on any atom is -0.366 e. The zero-order chi connectivity index (χ0) is 14.3. The Morgan fingerprint density at radius 2 is 2.25 bits per heavy atom. The van der Waals surface area contributed by atoms with E-state index >= 15 is 0 Å². The highest BCUT2D eigenvalue weighted by molar-refractivity contribution is 7.22. The Hall–Kier alpha value is -1.76. The molecule has 0 atom stereocenters. The molecule has 1 aliphatic heterocycles. The number of anilines is 1. The summed E-state index contributed by atoms with van der Waals surface area (Å²) in [6.07, 6.45) is 0.354. The molecule has 2 heterocycles. The number of thiazole rings is 1. The molecule has 1 aliphatic rings. The zero-order valence-electron chi connectivity index (χ0n) is 10.6. The first-order chi connectivity index (χ1) is 9.46. The highest BCUT2D eigenvalue weighted by Crippen LogP contribution is 2.35. The Morgan fingerprint density at radius 3 is 2.95 bits per heavy atom. The summed E-state index contributed by atoms with van der Waals surface area (Å²) < 4.78 is 27.7. The van der Waals surface area contributed by atoms with Crippen molar-refractivity contribution in [2.24, 2.45) is 5.73 Å². The number of nitrogens with zero attached hydrogens (tertiary/aromatic N) is 2. The molecular formula is C13H13F2N3OS. The normalized spacial score (nSPS) is 18.4. The van der Waals surface area contributed by atoms with Crippen molar-refractivity contribution in [2.45, 2.75) is 18.8 Å². The summed E-state index contributed by atoms with van der Waals surface area (Å²) >= 11 is 1.31. The summed E-state index contributed by atoms with van der Waals surface area (Å²) in [5.74, 6) is -3.24. The second kappa shape index (κ2) is 4.66. The number of amides is 1. The molecule has 2 aromatic rings. The summed E-state index contributed by atoms with van der Waals surface area (Å²) in [5, 5.41) is 0.521. The molecule has 0 radical (unpaired) electrons. The van der Waals surface area contributed by atoms with Crippen molar-refractivity contribution in [1.82, 2.24) is 4.98 Å². The summed E-state index contributed by atoms with van der Waals surface area (Å²) in [7, 11) is 0. The van der Waals surface area contributed by atoms with E-state index in [4.69, 9.17) is 5.73 Å². The molecule has 1 amide bonds. The van der Waals surface area contributed by atoms with Crippen LogP contribution in [0.4, 0.5) is 13.9 Å². The SMILES string of the molecule is NC(=O)c1cccc2sc(N3CCCC(F)(F)C3)nc12. The van der Waals surface area contributed by atoms with Crippen LogP contribution in [0.2, 0.25) is 0 Å². The number of halogens is 2. The van der Waals surface area contributed by atoms with Gasteiger partial charge in [-0.2, -0.15) is 0 Å². The number of aromatic nitrogens is 1. The predicted molar refractivity (Wildman–Crippen MR) is 74.5 cm³/mol. The van der Waals surface area contributed by atoms with Gasteiger partial charge in [0, 0.05) is 13.0 Å². The molecule has 0 spiro atoms. The number of hydrogen-bond acceptors (Lipinski definition) is 4. The maximum Gasteiger partial charge on any atom is 0.265 e. The number of primary amides is 1. The van der Waals surface area contributed by atoms with E-state index in [1.165, 1.54) is 11.3 Å². The topological polar surface area (TPSA) is 59.2 Å². The van der Waals surface area contributed by atoms with Crippen molar-refractivity contribution < 1.29 is 13.6 Å². The van der Waals surface area contributed by atoms with E-state index in [2.05, 4.69) is 4.98 Å². The number of carbonyl (C=O) groups excluding carboxylic acids is 1. The van der Waals surface area contributed by atoms with Gasteiger partial charge in [0.1, 0.15) is 0 Å². The molecule has 1 fully saturated rings. The van der Waals surface area contributed by atoms with E-state index in [-0.39, 0.29) is 13.0 Å². The van der Waals surface area contributed by atoms with Gasteiger partial charge in [-0.15, -0.1) is 0 Å². The maximum absolute atomic E-state index is 13.5. The van der Waals surface area contributed by atoms with Crippen molar-refractivity contribution in [3.63, 3.8) is 0 Å². The molecule has 4 nitrogen and oxygen atoms in total. The van der Waals surface area contributed by atoms with Gasteiger partial charge in [-0.25, -0.2) is 13.8 Å². The van der Waals surface area contributed by atoms with Gasteiger partial charge in [-0.05, 0) is 18.6 Å².